The molecule has 0 spiro atoms. The Morgan fingerprint density at radius 2 is 1.87 bits per heavy atom. The van der Waals surface area contributed by atoms with E-state index < -0.39 is 24.5 Å². The molecule has 0 fully saturated rings. The van der Waals surface area contributed by atoms with Crippen molar-refractivity contribution in [1.82, 2.24) is 0 Å². The van der Waals surface area contributed by atoms with E-state index >= 15 is 0 Å². The molecule has 1 aromatic rings. The van der Waals surface area contributed by atoms with E-state index in [1.165, 1.54) is 18.2 Å². The number of rotatable bonds is 3. The highest BCUT2D eigenvalue weighted by Crippen LogP contribution is 2.32. The van der Waals surface area contributed by atoms with Gasteiger partial charge >= 0.3 is 6.18 Å². The molecule has 0 saturated heterocycles. The predicted octanol–water partition coefficient (Wildman–Crippen LogP) is 3.47. The lowest BCUT2D eigenvalue weighted by Crippen LogP contribution is -2.16. The van der Waals surface area contributed by atoms with Crippen molar-refractivity contribution in [2.45, 2.75) is 18.7 Å². The first-order valence-corrected chi connectivity index (χ1v) is 4.28. The topological polar surface area (TPSA) is 9.23 Å². The molecule has 0 aliphatic heterocycles. The molecule has 15 heavy (non-hydrogen) atoms. The van der Waals surface area contributed by atoms with Crippen LogP contribution in [0.2, 0.25) is 0 Å². The number of hydrogen-bond acceptors (Lipinski definition) is 1. The van der Waals surface area contributed by atoms with Crippen LogP contribution in [0, 0.1) is 5.82 Å². The Kier molecular flexibility index (Phi) is 3.68. The molecule has 0 bridgehead atoms. The van der Waals surface area contributed by atoms with Gasteiger partial charge in [-0.25, -0.2) is 4.39 Å². The lowest BCUT2D eigenvalue weighted by Gasteiger charge is -2.17. The molecule has 0 amide bonds. The van der Waals surface area contributed by atoms with Gasteiger partial charge in [-0.15, -0.1) is 0 Å². The first kappa shape index (κ1) is 12.0. The molecule has 5 heteroatoms. The van der Waals surface area contributed by atoms with Crippen molar-refractivity contribution in [2.24, 2.45) is 0 Å². The van der Waals surface area contributed by atoms with Gasteiger partial charge in [-0.2, -0.15) is 13.2 Å². The fraction of sp³-hybridized carbons (Fsp3) is 0.400. The highest BCUT2D eigenvalue weighted by molar-refractivity contribution is 5.20. The number of alkyl halides is 3. The van der Waals surface area contributed by atoms with E-state index in [2.05, 4.69) is 4.74 Å². The first-order chi connectivity index (χ1) is 6.94. The quantitative estimate of drug-likeness (QED) is 0.711. The number of benzene rings is 1. The summed E-state index contributed by atoms with van der Waals surface area (Å²) in [6.07, 6.45) is -6.85. The minimum atomic E-state index is -4.37. The SMILES string of the molecule is COC(CC(F)(F)F)c1ccccc1F. The van der Waals surface area contributed by atoms with Crippen LogP contribution >= 0.6 is 0 Å². The van der Waals surface area contributed by atoms with Gasteiger partial charge in [0.25, 0.3) is 0 Å². The molecule has 0 N–H and O–H groups in total. The highest BCUT2D eigenvalue weighted by Gasteiger charge is 2.33. The molecule has 0 aromatic heterocycles. The van der Waals surface area contributed by atoms with E-state index in [0.29, 0.717) is 0 Å². The Balaban J connectivity index is 2.88. The maximum Gasteiger partial charge on any atom is 0.391 e. The smallest absolute Gasteiger partial charge is 0.376 e. The van der Waals surface area contributed by atoms with Crippen molar-refractivity contribution in [2.75, 3.05) is 7.11 Å². The van der Waals surface area contributed by atoms with Gasteiger partial charge in [0, 0.05) is 12.7 Å². The Labute approximate surface area is 84.7 Å². The summed E-state index contributed by atoms with van der Waals surface area (Å²) in [4.78, 5) is 0. The van der Waals surface area contributed by atoms with E-state index in [1.54, 1.807) is 0 Å². The molecular weight excluding hydrogens is 212 g/mol. The second-order valence-electron chi connectivity index (χ2n) is 3.07. The van der Waals surface area contributed by atoms with E-state index in [0.717, 1.165) is 13.2 Å². The Hall–Kier alpha value is -1.10. The van der Waals surface area contributed by atoms with Crippen molar-refractivity contribution >= 4 is 0 Å². The zero-order chi connectivity index (χ0) is 11.5. The summed E-state index contributed by atoms with van der Waals surface area (Å²) in [6.45, 7) is 0. The third kappa shape index (κ3) is 3.51. The van der Waals surface area contributed by atoms with Crippen molar-refractivity contribution in [1.29, 1.82) is 0 Å². The summed E-state index contributed by atoms with van der Waals surface area (Å²) in [7, 11) is 1.13. The summed E-state index contributed by atoms with van der Waals surface area (Å²) in [5, 5.41) is 0. The molecule has 84 valence electrons. The molecule has 1 atom stereocenters. The largest absolute Gasteiger partial charge is 0.391 e. The third-order valence-corrected chi connectivity index (χ3v) is 1.95. The predicted molar refractivity (Wildman–Crippen MR) is 46.8 cm³/mol. The molecule has 0 saturated carbocycles. The molecule has 0 aliphatic rings. The number of methoxy groups -OCH3 is 1. The summed E-state index contributed by atoms with van der Waals surface area (Å²) in [5.74, 6) is -0.686. The van der Waals surface area contributed by atoms with Gasteiger partial charge in [-0.1, -0.05) is 18.2 Å². The Bertz CT molecular complexity index is 321. The van der Waals surface area contributed by atoms with E-state index in [9.17, 15) is 17.6 Å². The monoisotopic (exact) mass is 222 g/mol. The van der Waals surface area contributed by atoms with E-state index in [-0.39, 0.29) is 5.56 Å². The van der Waals surface area contributed by atoms with Crippen LogP contribution in [0.5, 0.6) is 0 Å². The lowest BCUT2D eigenvalue weighted by molar-refractivity contribution is -0.158. The summed E-state index contributed by atoms with van der Waals surface area (Å²) in [5.41, 5.74) is -0.0719. The molecule has 0 heterocycles. The van der Waals surface area contributed by atoms with Crippen molar-refractivity contribution in [3.05, 3.63) is 35.6 Å². The molecule has 0 aliphatic carbocycles. The first-order valence-electron chi connectivity index (χ1n) is 4.28. The Morgan fingerprint density at radius 3 is 2.33 bits per heavy atom. The van der Waals surface area contributed by atoms with Crippen LogP contribution in [-0.2, 0) is 4.74 Å². The van der Waals surface area contributed by atoms with Crippen LogP contribution in [0.25, 0.3) is 0 Å². The second-order valence-corrected chi connectivity index (χ2v) is 3.07. The molecular formula is C10H10F4O. The Morgan fingerprint density at radius 1 is 1.27 bits per heavy atom. The van der Waals surface area contributed by atoms with Crippen molar-refractivity contribution < 1.29 is 22.3 Å². The molecule has 1 nitrogen and oxygen atoms in total. The zero-order valence-electron chi connectivity index (χ0n) is 8.01. The van der Waals surface area contributed by atoms with Crippen molar-refractivity contribution in [3.63, 3.8) is 0 Å². The van der Waals surface area contributed by atoms with Gasteiger partial charge in [0.1, 0.15) is 5.82 Å². The second kappa shape index (κ2) is 4.61. The van der Waals surface area contributed by atoms with Gasteiger partial charge in [-0.3, -0.25) is 0 Å². The minimum Gasteiger partial charge on any atom is -0.376 e. The van der Waals surface area contributed by atoms with Crippen LogP contribution in [0.15, 0.2) is 24.3 Å². The van der Waals surface area contributed by atoms with Gasteiger partial charge in [-0.05, 0) is 6.07 Å². The summed E-state index contributed by atoms with van der Waals surface area (Å²) < 4.78 is 54.1. The average Bonchev–Trinajstić information content (AvgIpc) is 2.14. The lowest BCUT2D eigenvalue weighted by atomic mass is 10.1. The van der Waals surface area contributed by atoms with E-state index in [4.69, 9.17) is 0 Å². The van der Waals surface area contributed by atoms with Gasteiger partial charge < -0.3 is 4.74 Å². The molecule has 1 aromatic carbocycles. The number of halogens is 4. The van der Waals surface area contributed by atoms with Crippen LogP contribution in [0.1, 0.15) is 18.1 Å². The van der Waals surface area contributed by atoms with Gasteiger partial charge in [0.2, 0.25) is 0 Å². The van der Waals surface area contributed by atoms with Gasteiger partial charge in [0.15, 0.2) is 0 Å². The van der Waals surface area contributed by atoms with Gasteiger partial charge in [0.05, 0.1) is 12.5 Å². The zero-order valence-corrected chi connectivity index (χ0v) is 8.01. The fourth-order valence-electron chi connectivity index (χ4n) is 1.27. The summed E-state index contributed by atoms with van der Waals surface area (Å²) >= 11 is 0. The standard InChI is InChI=1S/C10H10F4O/c1-15-9(6-10(12,13)14)7-4-2-3-5-8(7)11/h2-5,9H,6H2,1H3. The van der Waals surface area contributed by atoms with Crippen LogP contribution in [0.4, 0.5) is 17.6 Å². The maximum atomic E-state index is 13.2. The van der Waals surface area contributed by atoms with E-state index in [1.807, 2.05) is 0 Å². The van der Waals surface area contributed by atoms with Crippen LogP contribution in [0.3, 0.4) is 0 Å². The molecule has 1 rings (SSSR count). The average molecular weight is 222 g/mol. The highest BCUT2D eigenvalue weighted by atomic mass is 19.4. The fourth-order valence-corrected chi connectivity index (χ4v) is 1.27. The third-order valence-electron chi connectivity index (χ3n) is 1.95. The number of ether oxygens (including phenoxy) is 1. The van der Waals surface area contributed by atoms with Crippen molar-refractivity contribution in [3.8, 4) is 0 Å². The molecule has 0 radical (unpaired) electrons. The maximum absolute atomic E-state index is 13.2. The number of hydrogen-bond donors (Lipinski definition) is 0. The summed E-state index contributed by atoms with van der Waals surface area (Å²) in [6, 6.07) is 5.28. The molecule has 1 unspecified atom stereocenters. The van der Waals surface area contributed by atoms with Crippen LogP contribution in [-0.4, -0.2) is 13.3 Å². The minimum absolute atomic E-state index is 0.0719. The van der Waals surface area contributed by atoms with Crippen LogP contribution < -0.4 is 0 Å². The normalized spacial score (nSPS) is 13.9.